The van der Waals surface area contributed by atoms with Gasteiger partial charge in [0.25, 0.3) is 0 Å². The zero-order chi connectivity index (χ0) is 39.6. The minimum Gasteiger partial charge on any atom is -0.481 e. The number of nitriles is 1. The maximum atomic E-state index is 9.98. The Hall–Kier alpha value is -4.33. The summed E-state index contributed by atoms with van der Waals surface area (Å²) in [6.07, 6.45) is -4.10. The van der Waals surface area contributed by atoms with Crippen molar-refractivity contribution in [2.45, 2.75) is 64.1 Å². The van der Waals surface area contributed by atoms with Crippen LogP contribution >= 0.6 is 0 Å². The molecule has 0 amide bonds. The summed E-state index contributed by atoms with van der Waals surface area (Å²) in [6, 6.07) is 1.72. The Labute approximate surface area is 252 Å². The van der Waals surface area contributed by atoms with Crippen molar-refractivity contribution >= 4 is 35.8 Å². The summed E-state index contributed by atoms with van der Waals surface area (Å²) < 4.78 is 40.7. The zero-order valence-electron chi connectivity index (χ0n) is 29.0. The van der Waals surface area contributed by atoms with Crippen LogP contribution in [-0.4, -0.2) is 99.1 Å². The lowest BCUT2D eigenvalue weighted by atomic mass is 10.3. The smallest absolute Gasteiger partial charge is 0.381 e. The van der Waals surface area contributed by atoms with Gasteiger partial charge in [-0.1, -0.05) is 5.92 Å². The first kappa shape index (κ1) is 35.7. The Morgan fingerprint density at radius 1 is 0.619 bits per heavy atom. The number of carboxylic acids is 6. The third-order valence-electron chi connectivity index (χ3n) is 2.67. The number of hydrogen-bond donors (Lipinski definition) is 11. The molecule has 0 saturated heterocycles. The van der Waals surface area contributed by atoms with E-state index < -0.39 is 61.5 Å². The Kier molecular flexibility index (Phi) is 39.5. The average molecular weight is 617 g/mol. The van der Waals surface area contributed by atoms with E-state index in [4.69, 9.17) is 72.8 Å². The molecule has 0 aromatic carbocycles. The molecule has 0 aliphatic rings. The molecule has 18 heteroatoms. The van der Waals surface area contributed by atoms with E-state index in [2.05, 4.69) is 5.92 Å². The van der Waals surface area contributed by atoms with Crippen molar-refractivity contribution in [3.63, 3.8) is 0 Å². The molecular formula is C24H46N6O12. The van der Waals surface area contributed by atoms with Crippen molar-refractivity contribution in [2.24, 2.45) is 28.7 Å². The van der Waals surface area contributed by atoms with E-state index in [1.54, 1.807) is 6.07 Å². The fourth-order valence-electron chi connectivity index (χ4n) is 1.08. The molecule has 42 heavy (non-hydrogen) atoms. The van der Waals surface area contributed by atoms with E-state index in [0.717, 1.165) is 0 Å². The normalized spacial score (nSPS) is 11.2. The van der Waals surface area contributed by atoms with Crippen molar-refractivity contribution < 1.29 is 67.6 Å². The van der Waals surface area contributed by atoms with Gasteiger partial charge in [0.2, 0.25) is 0 Å². The van der Waals surface area contributed by atoms with Crippen molar-refractivity contribution in [3.8, 4) is 17.9 Å². The first-order valence-electron chi connectivity index (χ1n) is 14.5. The molecule has 0 aliphatic heterocycles. The van der Waals surface area contributed by atoms with Crippen molar-refractivity contribution in [1.82, 2.24) is 0 Å². The predicted molar refractivity (Wildman–Crippen MR) is 151 cm³/mol. The van der Waals surface area contributed by atoms with Crippen molar-refractivity contribution in [3.05, 3.63) is 0 Å². The van der Waals surface area contributed by atoms with Crippen LogP contribution in [0.25, 0.3) is 0 Å². The Bertz CT molecular complexity index is 1050. The molecule has 0 aliphatic carbocycles. The van der Waals surface area contributed by atoms with Crippen LogP contribution in [-0.2, 0) is 28.8 Å². The quantitative estimate of drug-likeness (QED) is 0.100. The second-order valence-corrected chi connectivity index (χ2v) is 6.29. The second kappa shape index (κ2) is 46.5. The molecule has 0 unspecified atom stereocenters. The van der Waals surface area contributed by atoms with Crippen LogP contribution in [0.2, 0.25) is 0 Å². The zero-order valence-corrected chi connectivity index (χ0v) is 23.0. The summed E-state index contributed by atoms with van der Waals surface area (Å²) in [6.45, 7) is -1.48. The van der Waals surface area contributed by atoms with Gasteiger partial charge < -0.3 is 59.3 Å². The van der Waals surface area contributed by atoms with Crippen LogP contribution in [0, 0.1) is 23.2 Å². The van der Waals surface area contributed by atoms with Gasteiger partial charge in [0.1, 0.15) is 0 Å². The fourth-order valence-corrected chi connectivity index (χ4v) is 1.08. The summed E-state index contributed by atoms with van der Waals surface area (Å²) in [7, 11) is 0. The van der Waals surface area contributed by atoms with Crippen molar-refractivity contribution in [2.75, 3.05) is 32.7 Å². The third kappa shape index (κ3) is 111. The van der Waals surface area contributed by atoms with E-state index in [0.29, 0.717) is 13.0 Å². The number of carbonyl (C=O) groups is 6. The molecule has 0 bridgehead atoms. The van der Waals surface area contributed by atoms with Gasteiger partial charge in [-0.3, -0.25) is 24.0 Å². The predicted octanol–water partition coefficient (Wildman–Crippen LogP) is -1.35. The van der Waals surface area contributed by atoms with Gasteiger partial charge >= 0.3 is 35.8 Å². The van der Waals surface area contributed by atoms with E-state index in [1.165, 1.54) is 0 Å². The van der Waals surface area contributed by atoms with Gasteiger partial charge in [0, 0.05) is 46.2 Å². The van der Waals surface area contributed by atoms with Gasteiger partial charge in [0.15, 0.2) is 0 Å². The lowest BCUT2D eigenvalue weighted by Gasteiger charge is -1.86. The van der Waals surface area contributed by atoms with E-state index in [-0.39, 0.29) is 58.2 Å². The van der Waals surface area contributed by atoms with Gasteiger partial charge in [-0.2, -0.15) is 5.26 Å². The summed E-state index contributed by atoms with van der Waals surface area (Å²) in [4.78, 5) is 58.5. The molecule has 18 nitrogen and oxygen atoms in total. The third-order valence-corrected chi connectivity index (χ3v) is 2.67. The molecule has 0 aromatic heterocycles. The van der Waals surface area contributed by atoms with E-state index in [1.807, 2.05) is 5.92 Å². The van der Waals surface area contributed by atoms with Gasteiger partial charge in [-0.15, -0.1) is 0 Å². The number of nitrogens with zero attached hydrogens (tertiary/aromatic N) is 1. The monoisotopic (exact) mass is 616 g/mol. The molecule has 0 saturated carbocycles. The highest BCUT2D eigenvalue weighted by molar-refractivity contribution is 5.86. The van der Waals surface area contributed by atoms with Gasteiger partial charge in [0.05, 0.1) is 19.0 Å². The van der Waals surface area contributed by atoms with E-state index >= 15 is 0 Å². The van der Waals surface area contributed by atoms with Gasteiger partial charge in [-0.25, -0.2) is 4.79 Å². The lowest BCUT2D eigenvalue weighted by Crippen LogP contribution is -2.02. The second-order valence-electron chi connectivity index (χ2n) is 6.29. The Morgan fingerprint density at radius 3 is 1.21 bits per heavy atom. The standard InChI is InChI=1S/4C4H9NO2.2C4H5NO2/c6*5-3-1-2-4(6)7/h4*1-3,5H2,(H,6,7);3,5H2,(H,6,7);1-2H2,(H,6,7)/i3D2;2D2;1D2;;;. The molecule has 244 valence electrons. The summed E-state index contributed by atoms with van der Waals surface area (Å²) in [5.41, 5.74) is 24.6. The highest BCUT2D eigenvalue weighted by Gasteiger charge is 1.93. The Balaban J connectivity index is -0.000000111. The molecule has 0 spiro atoms. The van der Waals surface area contributed by atoms with Gasteiger partial charge in [-0.05, 0) is 51.8 Å². The van der Waals surface area contributed by atoms with Crippen molar-refractivity contribution in [1.29, 1.82) is 5.26 Å². The molecule has 0 rings (SSSR count). The largest absolute Gasteiger partial charge is 0.481 e. The lowest BCUT2D eigenvalue weighted by molar-refractivity contribution is -0.138. The molecule has 0 atom stereocenters. The average Bonchev–Trinajstić information content (AvgIpc) is 2.93. The molecule has 16 N–H and O–H groups in total. The first-order chi connectivity index (χ1) is 21.7. The summed E-state index contributed by atoms with van der Waals surface area (Å²) >= 11 is 0. The SMILES string of the molecule is N#CCCC(=O)O.NCC#CC(=O)O.NCCCC(=O)O.[2H]C([2H])(CCN)C(=O)O.[2H]C([2H])(CN)CC(=O)O.[2H]C([2H])(N)CCC(=O)O. The molecule has 0 heterocycles. The topological polar surface area (TPSA) is 378 Å². The number of aliphatic carboxylic acids is 6. The minimum atomic E-state index is -2.16. The number of nitrogens with two attached hydrogens (primary N) is 5. The van der Waals surface area contributed by atoms with Crippen LogP contribution in [0.1, 0.15) is 72.3 Å². The van der Waals surface area contributed by atoms with E-state index in [9.17, 15) is 28.8 Å². The molecule has 0 fully saturated rings. The molecular weight excluding hydrogens is 564 g/mol. The van der Waals surface area contributed by atoms with Crippen LogP contribution in [0.4, 0.5) is 0 Å². The highest BCUT2D eigenvalue weighted by atomic mass is 16.4. The number of hydrogen-bond acceptors (Lipinski definition) is 12. The maximum Gasteiger partial charge on any atom is 0.381 e. The number of carboxylic acid groups (broad SMARTS) is 6. The minimum absolute atomic E-state index is 0.0451. The first-order valence-corrected chi connectivity index (χ1v) is 11.5. The summed E-state index contributed by atoms with van der Waals surface area (Å²) in [5.74, 6) is -2.45. The number of rotatable bonds is 14. The van der Waals surface area contributed by atoms with Crippen LogP contribution in [0.3, 0.4) is 0 Å². The fraction of sp³-hybridized carbons (Fsp3) is 0.625. The molecule has 0 aromatic rings. The maximum absolute atomic E-state index is 9.98. The Morgan fingerprint density at radius 2 is 1.07 bits per heavy atom. The van der Waals surface area contributed by atoms with Crippen LogP contribution in [0.15, 0.2) is 0 Å². The van der Waals surface area contributed by atoms with Crippen LogP contribution < -0.4 is 28.7 Å². The molecule has 0 radical (unpaired) electrons. The summed E-state index contributed by atoms with van der Waals surface area (Å²) in [5, 5.41) is 55.8. The highest BCUT2D eigenvalue weighted by Crippen LogP contribution is 1.84. The van der Waals surface area contributed by atoms with Crippen LogP contribution in [0.5, 0.6) is 0 Å².